The zero-order valence-corrected chi connectivity index (χ0v) is 10.2. The molecule has 0 radical (unpaired) electrons. The number of nitrogens with two attached hydrogens (primary N) is 1. The van der Waals surface area contributed by atoms with Crippen LogP contribution in [0.25, 0.3) is 0 Å². The molecule has 0 amide bonds. The fourth-order valence-electron chi connectivity index (χ4n) is 1.62. The van der Waals surface area contributed by atoms with E-state index in [2.05, 4.69) is 0 Å². The summed E-state index contributed by atoms with van der Waals surface area (Å²) in [6, 6.07) is 10.4. The largest absolute Gasteiger partial charge is 0.486 e. The van der Waals surface area contributed by atoms with Crippen molar-refractivity contribution < 1.29 is 14.1 Å². The highest BCUT2D eigenvalue weighted by Crippen LogP contribution is 2.18. The molecule has 6 nitrogen and oxygen atoms in total. The number of nitrogens with zero attached hydrogens (tertiary/aromatic N) is 1. The number of furan rings is 1. The average molecular weight is 262 g/mol. The lowest BCUT2D eigenvalue weighted by atomic mass is 10.1. The van der Waals surface area contributed by atoms with Gasteiger partial charge in [0.25, 0.3) is 0 Å². The van der Waals surface area contributed by atoms with Crippen molar-refractivity contribution in [1.29, 1.82) is 0 Å². The minimum Gasteiger partial charge on any atom is -0.486 e. The Morgan fingerprint density at radius 3 is 2.53 bits per heavy atom. The monoisotopic (exact) mass is 262 g/mol. The fraction of sp³-hybridized carbons (Fsp3) is 0.231. The van der Waals surface area contributed by atoms with Gasteiger partial charge in [-0.1, -0.05) is 12.1 Å². The molecular weight excluding hydrogens is 248 g/mol. The first-order valence-electron chi connectivity index (χ1n) is 5.84. The van der Waals surface area contributed by atoms with Crippen LogP contribution in [0.4, 0.5) is 5.88 Å². The SMILES string of the molecule is NCCc1ccc(OCc2ccc([N+](=O)[O-])o2)cc1. The number of ether oxygens (including phenoxy) is 1. The van der Waals surface area contributed by atoms with Crippen LogP contribution in [-0.2, 0) is 13.0 Å². The Morgan fingerprint density at radius 1 is 1.21 bits per heavy atom. The smallest absolute Gasteiger partial charge is 0.433 e. The lowest BCUT2D eigenvalue weighted by molar-refractivity contribution is -0.402. The summed E-state index contributed by atoms with van der Waals surface area (Å²) in [4.78, 5) is 9.87. The van der Waals surface area contributed by atoms with Gasteiger partial charge in [0.1, 0.15) is 23.0 Å². The fourth-order valence-corrected chi connectivity index (χ4v) is 1.62. The minimum atomic E-state index is -0.578. The summed E-state index contributed by atoms with van der Waals surface area (Å²) in [7, 11) is 0. The van der Waals surface area contributed by atoms with E-state index in [-0.39, 0.29) is 12.5 Å². The van der Waals surface area contributed by atoms with Crippen LogP contribution in [-0.4, -0.2) is 11.5 Å². The van der Waals surface area contributed by atoms with Crippen LogP contribution in [0.2, 0.25) is 0 Å². The highest BCUT2D eigenvalue weighted by atomic mass is 16.6. The highest BCUT2D eigenvalue weighted by molar-refractivity contribution is 5.27. The van der Waals surface area contributed by atoms with Gasteiger partial charge in [0.15, 0.2) is 0 Å². The Bertz CT molecular complexity index is 548. The average Bonchev–Trinajstić information content (AvgIpc) is 2.87. The summed E-state index contributed by atoms with van der Waals surface area (Å²) in [5.41, 5.74) is 6.60. The normalized spacial score (nSPS) is 10.4. The Kier molecular flexibility index (Phi) is 4.15. The molecule has 0 saturated carbocycles. The highest BCUT2D eigenvalue weighted by Gasteiger charge is 2.11. The van der Waals surface area contributed by atoms with Crippen molar-refractivity contribution in [3.05, 3.63) is 57.8 Å². The summed E-state index contributed by atoms with van der Waals surface area (Å²) in [6.45, 7) is 0.764. The van der Waals surface area contributed by atoms with E-state index in [1.54, 1.807) is 0 Å². The molecule has 1 aromatic heterocycles. The molecule has 0 saturated heterocycles. The van der Waals surface area contributed by atoms with Crippen LogP contribution >= 0.6 is 0 Å². The molecule has 2 N–H and O–H groups in total. The zero-order valence-electron chi connectivity index (χ0n) is 10.2. The molecule has 6 heteroatoms. The van der Waals surface area contributed by atoms with E-state index in [0.29, 0.717) is 18.1 Å². The summed E-state index contributed by atoms with van der Waals surface area (Å²) >= 11 is 0. The molecule has 2 aromatic rings. The maximum atomic E-state index is 10.4. The Morgan fingerprint density at radius 2 is 1.95 bits per heavy atom. The molecule has 1 aromatic carbocycles. The summed E-state index contributed by atoms with van der Waals surface area (Å²) in [5, 5.41) is 10.4. The second kappa shape index (κ2) is 6.01. The number of hydrogen-bond acceptors (Lipinski definition) is 5. The van der Waals surface area contributed by atoms with Crippen molar-refractivity contribution in [2.75, 3.05) is 6.54 Å². The van der Waals surface area contributed by atoms with Gasteiger partial charge in [0.2, 0.25) is 0 Å². The van der Waals surface area contributed by atoms with Gasteiger partial charge >= 0.3 is 5.88 Å². The van der Waals surface area contributed by atoms with Crippen LogP contribution in [0.3, 0.4) is 0 Å². The summed E-state index contributed by atoms with van der Waals surface area (Å²) in [6.07, 6.45) is 0.824. The van der Waals surface area contributed by atoms with Crippen LogP contribution in [0.5, 0.6) is 5.75 Å². The molecule has 0 aliphatic heterocycles. The van der Waals surface area contributed by atoms with E-state index in [1.807, 2.05) is 24.3 Å². The third kappa shape index (κ3) is 3.56. The van der Waals surface area contributed by atoms with Crippen molar-refractivity contribution in [2.45, 2.75) is 13.0 Å². The van der Waals surface area contributed by atoms with E-state index in [1.165, 1.54) is 12.1 Å². The summed E-state index contributed by atoms with van der Waals surface area (Å²) < 4.78 is 10.5. The Balaban J connectivity index is 1.92. The summed E-state index contributed by atoms with van der Waals surface area (Å²) in [5.74, 6) is 0.814. The van der Waals surface area contributed by atoms with E-state index >= 15 is 0 Å². The van der Waals surface area contributed by atoms with Gasteiger partial charge in [-0.15, -0.1) is 0 Å². The lowest BCUT2D eigenvalue weighted by Crippen LogP contribution is -2.02. The molecule has 0 aliphatic rings. The van der Waals surface area contributed by atoms with Crippen LogP contribution in [0, 0.1) is 10.1 Å². The molecule has 1 heterocycles. The third-order valence-corrected chi connectivity index (χ3v) is 2.56. The molecule has 0 atom stereocenters. The third-order valence-electron chi connectivity index (χ3n) is 2.56. The standard InChI is InChI=1S/C13H14N2O4/c14-8-7-10-1-3-11(4-2-10)18-9-12-5-6-13(19-12)15(16)17/h1-6H,7-9,14H2. The van der Waals surface area contributed by atoms with E-state index in [9.17, 15) is 10.1 Å². The van der Waals surface area contributed by atoms with Gasteiger partial charge in [-0.25, -0.2) is 0 Å². The first kappa shape index (κ1) is 13.1. The number of hydrogen-bond donors (Lipinski definition) is 1. The van der Waals surface area contributed by atoms with E-state index in [0.717, 1.165) is 12.0 Å². The quantitative estimate of drug-likeness (QED) is 0.636. The maximum absolute atomic E-state index is 10.4. The van der Waals surface area contributed by atoms with Crippen LogP contribution in [0.15, 0.2) is 40.8 Å². The first-order chi connectivity index (χ1) is 9.19. The minimum absolute atomic E-state index is 0.157. The number of nitro groups is 1. The van der Waals surface area contributed by atoms with Crippen molar-refractivity contribution in [3.8, 4) is 5.75 Å². The van der Waals surface area contributed by atoms with Crippen molar-refractivity contribution in [3.63, 3.8) is 0 Å². The topological polar surface area (TPSA) is 91.5 Å². The van der Waals surface area contributed by atoms with E-state index < -0.39 is 4.92 Å². The Hall–Kier alpha value is -2.34. The van der Waals surface area contributed by atoms with Crippen LogP contribution in [0.1, 0.15) is 11.3 Å². The van der Waals surface area contributed by atoms with Gasteiger partial charge in [-0.05, 0) is 36.7 Å². The predicted octanol–water partition coefficient (Wildman–Crippen LogP) is 2.27. The second-order valence-corrected chi connectivity index (χ2v) is 3.97. The molecule has 0 bridgehead atoms. The van der Waals surface area contributed by atoms with Crippen molar-refractivity contribution in [2.24, 2.45) is 5.73 Å². The van der Waals surface area contributed by atoms with Gasteiger partial charge in [-0.2, -0.15) is 0 Å². The van der Waals surface area contributed by atoms with Gasteiger partial charge < -0.3 is 14.9 Å². The maximum Gasteiger partial charge on any atom is 0.433 e. The van der Waals surface area contributed by atoms with Gasteiger partial charge in [0, 0.05) is 0 Å². The molecule has 100 valence electrons. The molecule has 0 spiro atoms. The second-order valence-electron chi connectivity index (χ2n) is 3.97. The molecule has 2 rings (SSSR count). The number of rotatable bonds is 6. The number of benzene rings is 1. The van der Waals surface area contributed by atoms with Crippen LogP contribution < -0.4 is 10.5 Å². The van der Waals surface area contributed by atoms with Gasteiger partial charge in [0.05, 0.1) is 6.07 Å². The molecule has 19 heavy (non-hydrogen) atoms. The zero-order chi connectivity index (χ0) is 13.7. The van der Waals surface area contributed by atoms with E-state index in [4.69, 9.17) is 14.9 Å². The van der Waals surface area contributed by atoms with Crippen molar-refractivity contribution in [1.82, 2.24) is 0 Å². The molecule has 0 fully saturated rings. The van der Waals surface area contributed by atoms with Crippen molar-refractivity contribution >= 4 is 5.88 Å². The first-order valence-corrected chi connectivity index (χ1v) is 5.84. The predicted molar refractivity (Wildman–Crippen MR) is 68.9 cm³/mol. The molecule has 0 unspecified atom stereocenters. The Labute approximate surface area is 109 Å². The molecule has 0 aliphatic carbocycles. The lowest BCUT2D eigenvalue weighted by Gasteiger charge is -2.05. The van der Waals surface area contributed by atoms with Gasteiger partial charge in [-0.3, -0.25) is 10.1 Å². The molecular formula is C13H14N2O4.